The van der Waals surface area contributed by atoms with Gasteiger partial charge in [-0.15, -0.1) is 0 Å². The van der Waals surface area contributed by atoms with Gasteiger partial charge in [-0.25, -0.2) is 0 Å². The zero-order chi connectivity index (χ0) is 9.84. The van der Waals surface area contributed by atoms with Gasteiger partial charge >= 0.3 is 5.97 Å². The average Bonchev–Trinajstić information content (AvgIpc) is 2.78. The summed E-state index contributed by atoms with van der Waals surface area (Å²) in [5, 5.41) is 8.67. The standard InChI is InChI=1S/C9H18N2O2/c1-10(2)5-6-11(7-9(12)13)8-3-4-8/h8H,3-7H2,1-2H3,(H,12,13). The molecule has 0 heterocycles. The van der Waals surface area contributed by atoms with E-state index in [2.05, 4.69) is 9.80 Å². The molecule has 0 aliphatic heterocycles. The Morgan fingerprint density at radius 1 is 1.38 bits per heavy atom. The van der Waals surface area contributed by atoms with Crippen molar-refractivity contribution in [1.82, 2.24) is 9.80 Å². The fourth-order valence-electron chi connectivity index (χ4n) is 1.33. The Morgan fingerprint density at radius 2 is 2.00 bits per heavy atom. The molecule has 1 N–H and O–H groups in total. The van der Waals surface area contributed by atoms with Crippen molar-refractivity contribution in [2.75, 3.05) is 33.7 Å². The molecule has 13 heavy (non-hydrogen) atoms. The summed E-state index contributed by atoms with van der Waals surface area (Å²) in [6.45, 7) is 1.99. The molecule has 0 aromatic rings. The van der Waals surface area contributed by atoms with Gasteiger partial charge in [0.05, 0.1) is 6.54 Å². The van der Waals surface area contributed by atoms with Crippen LogP contribution < -0.4 is 0 Å². The van der Waals surface area contributed by atoms with E-state index < -0.39 is 5.97 Å². The normalized spacial score (nSPS) is 16.9. The Hall–Kier alpha value is -0.610. The molecule has 0 atom stereocenters. The van der Waals surface area contributed by atoms with Crippen molar-refractivity contribution in [3.05, 3.63) is 0 Å². The third-order valence-corrected chi connectivity index (χ3v) is 2.24. The molecule has 1 saturated carbocycles. The van der Waals surface area contributed by atoms with E-state index >= 15 is 0 Å². The Kier molecular flexibility index (Phi) is 3.69. The molecule has 1 aliphatic rings. The first-order chi connectivity index (χ1) is 6.09. The number of rotatable bonds is 6. The highest BCUT2D eigenvalue weighted by Gasteiger charge is 2.29. The van der Waals surface area contributed by atoms with E-state index in [1.54, 1.807) is 0 Å². The van der Waals surface area contributed by atoms with Gasteiger partial charge < -0.3 is 10.0 Å². The minimum absolute atomic E-state index is 0.193. The Labute approximate surface area is 79.1 Å². The molecule has 0 radical (unpaired) electrons. The lowest BCUT2D eigenvalue weighted by atomic mass is 10.4. The molecule has 0 aromatic carbocycles. The Balaban J connectivity index is 2.25. The van der Waals surface area contributed by atoms with Crippen LogP contribution in [0.1, 0.15) is 12.8 Å². The van der Waals surface area contributed by atoms with Crippen molar-refractivity contribution in [3.8, 4) is 0 Å². The second-order valence-corrected chi connectivity index (χ2v) is 3.90. The van der Waals surface area contributed by atoms with Crippen LogP contribution in [0.25, 0.3) is 0 Å². The fraction of sp³-hybridized carbons (Fsp3) is 0.889. The highest BCUT2D eigenvalue weighted by Crippen LogP contribution is 2.26. The molecular weight excluding hydrogens is 168 g/mol. The first-order valence-corrected chi connectivity index (χ1v) is 4.70. The maximum Gasteiger partial charge on any atom is 0.317 e. The van der Waals surface area contributed by atoms with Gasteiger partial charge in [-0.3, -0.25) is 9.69 Å². The number of hydrogen-bond donors (Lipinski definition) is 1. The van der Waals surface area contributed by atoms with Crippen LogP contribution in [-0.4, -0.2) is 60.6 Å². The predicted molar refractivity (Wildman–Crippen MR) is 50.8 cm³/mol. The SMILES string of the molecule is CN(C)CCN(CC(=O)O)C1CC1. The molecule has 0 bridgehead atoms. The van der Waals surface area contributed by atoms with Crippen molar-refractivity contribution < 1.29 is 9.90 Å². The summed E-state index contributed by atoms with van der Waals surface area (Å²) in [4.78, 5) is 14.7. The molecule has 76 valence electrons. The summed E-state index contributed by atoms with van der Waals surface area (Å²) in [6.07, 6.45) is 2.33. The number of carbonyl (C=O) groups is 1. The lowest BCUT2D eigenvalue weighted by Gasteiger charge is -2.21. The van der Waals surface area contributed by atoms with Gasteiger partial charge in [0.1, 0.15) is 0 Å². The summed E-state index contributed by atoms with van der Waals surface area (Å²) in [7, 11) is 4.01. The van der Waals surface area contributed by atoms with Crippen molar-refractivity contribution in [2.24, 2.45) is 0 Å². The minimum Gasteiger partial charge on any atom is -0.480 e. The molecule has 0 spiro atoms. The van der Waals surface area contributed by atoms with Crippen LogP contribution in [0.3, 0.4) is 0 Å². The van der Waals surface area contributed by atoms with Crippen molar-refractivity contribution >= 4 is 5.97 Å². The third-order valence-electron chi connectivity index (χ3n) is 2.24. The highest BCUT2D eigenvalue weighted by atomic mass is 16.4. The summed E-state index contributed by atoms with van der Waals surface area (Å²) in [5.41, 5.74) is 0. The lowest BCUT2D eigenvalue weighted by Crippen LogP contribution is -2.37. The van der Waals surface area contributed by atoms with E-state index in [1.807, 2.05) is 14.1 Å². The molecule has 0 aromatic heterocycles. The number of carboxylic acid groups (broad SMARTS) is 1. The summed E-state index contributed by atoms with van der Waals surface area (Å²) < 4.78 is 0. The van der Waals surface area contributed by atoms with Crippen molar-refractivity contribution in [2.45, 2.75) is 18.9 Å². The molecule has 0 unspecified atom stereocenters. The molecular formula is C9H18N2O2. The van der Waals surface area contributed by atoms with Gasteiger partial charge in [0.25, 0.3) is 0 Å². The molecule has 4 nitrogen and oxygen atoms in total. The van der Waals surface area contributed by atoms with E-state index in [-0.39, 0.29) is 6.54 Å². The number of aliphatic carboxylic acids is 1. The maximum absolute atomic E-state index is 10.5. The molecule has 1 rings (SSSR count). The summed E-state index contributed by atoms with van der Waals surface area (Å²) >= 11 is 0. The molecule has 0 amide bonds. The van der Waals surface area contributed by atoms with E-state index in [9.17, 15) is 4.79 Å². The van der Waals surface area contributed by atoms with Crippen LogP contribution in [0.15, 0.2) is 0 Å². The van der Waals surface area contributed by atoms with Crippen LogP contribution in [0, 0.1) is 0 Å². The van der Waals surface area contributed by atoms with Gasteiger partial charge in [-0.2, -0.15) is 0 Å². The Morgan fingerprint density at radius 3 is 2.38 bits per heavy atom. The Bertz CT molecular complexity index is 178. The predicted octanol–water partition coefficient (Wildman–Crippen LogP) is 0.0970. The first kappa shape index (κ1) is 10.5. The third kappa shape index (κ3) is 4.24. The second-order valence-electron chi connectivity index (χ2n) is 3.90. The van der Waals surface area contributed by atoms with E-state index in [4.69, 9.17) is 5.11 Å². The van der Waals surface area contributed by atoms with Crippen LogP contribution in [0.2, 0.25) is 0 Å². The summed E-state index contributed by atoms with van der Waals surface area (Å²) in [5.74, 6) is -0.717. The highest BCUT2D eigenvalue weighted by molar-refractivity contribution is 5.69. The van der Waals surface area contributed by atoms with Gasteiger partial charge in [0.15, 0.2) is 0 Å². The molecule has 0 saturated heterocycles. The van der Waals surface area contributed by atoms with Crippen molar-refractivity contribution in [3.63, 3.8) is 0 Å². The van der Waals surface area contributed by atoms with Crippen LogP contribution in [0.4, 0.5) is 0 Å². The molecule has 1 fully saturated rings. The lowest BCUT2D eigenvalue weighted by molar-refractivity contribution is -0.138. The van der Waals surface area contributed by atoms with Gasteiger partial charge in [0, 0.05) is 19.1 Å². The largest absolute Gasteiger partial charge is 0.480 e. The number of hydrogen-bond acceptors (Lipinski definition) is 3. The van der Waals surface area contributed by atoms with Crippen LogP contribution >= 0.6 is 0 Å². The van der Waals surface area contributed by atoms with Gasteiger partial charge in [-0.1, -0.05) is 0 Å². The van der Waals surface area contributed by atoms with Gasteiger partial charge in [0.2, 0.25) is 0 Å². The van der Waals surface area contributed by atoms with E-state index in [0.29, 0.717) is 6.04 Å². The monoisotopic (exact) mass is 186 g/mol. The summed E-state index contributed by atoms with van der Waals surface area (Å²) in [6, 6.07) is 0.538. The van der Waals surface area contributed by atoms with E-state index in [1.165, 1.54) is 12.8 Å². The quantitative estimate of drug-likeness (QED) is 0.639. The topological polar surface area (TPSA) is 43.8 Å². The zero-order valence-electron chi connectivity index (χ0n) is 8.36. The first-order valence-electron chi connectivity index (χ1n) is 4.70. The zero-order valence-corrected chi connectivity index (χ0v) is 8.36. The average molecular weight is 186 g/mol. The smallest absolute Gasteiger partial charge is 0.317 e. The molecule has 1 aliphatic carbocycles. The number of nitrogens with zero attached hydrogens (tertiary/aromatic N) is 2. The van der Waals surface area contributed by atoms with Crippen LogP contribution in [-0.2, 0) is 4.79 Å². The second kappa shape index (κ2) is 4.58. The van der Waals surface area contributed by atoms with Gasteiger partial charge in [-0.05, 0) is 26.9 Å². The fourth-order valence-corrected chi connectivity index (χ4v) is 1.33. The number of carboxylic acids is 1. The van der Waals surface area contributed by atoms with Crippen molar-refractivity contribution in [1.29, 1.82) is 0 Å². The molecule has 4 heteroatoms. The maximum atomic E-state index is 10.5. The van der Waals surface area contributed by atoms with Crippen LogP contribution in [0.5, 0.6) is 0 Å². The van der Waals surface area contributed by atoms with E-state index in [0.717, 1.165) is 13.1 Å². The minimum atomic E-state index is -0.717. The number of likely N-dealkylation sites (N-methyl/N-ethyl adjacent to an activating group) is 1.